The molecule has 1 fully saturated rings. The van der Waals surface area contributed by atoms with E-state index in [1.165, 1.54) is 12.1 Å². The molecule has 0 spiro atoms. The summed E-state index contributed by atoms with van der Waals surface area (Å²) in [6, 6.07) is 3.50. The Labute approximate surface area is 110 Å². The standard InChI is InChI=1S/C14H18F3NO/c1-9-7-11(14(15,16)17)4-5-12(9)13(18)10-3-2-6-19-8-10/h4-5,7,10,13H,2-3,6,8,18H2,1H3. The van der Waals surface area contributed by atoms with E-state index in [0.717, 1.165) is 31.1 Å². The molecule has 0 aromatic heterocycles. The first-order valence-corrected chi connectivity index (χ1v) is 6.40. The largest absolute Gasteiger partial charge is 0.416 e. The molecule has 1 aromatic rings. The summed E-state index contributed by atoms with van der Waals surface area (Å²) in [5, 5.41) is 0. The van der Waals surface area contributed by atoms with Gasteiger partial charge in [0.25, 0.3) is 0 Å². The Morgan fingerprint density at radius 1 is 1.37 bits per heavy atom. The van der Waals surface area contributed by atoms with Gasteiger partial charge >= 0.3 is 6.18 Å². The van der Waals surface area contributed by atoms with Gasteiger partial charge in [-0.05, 0) is 43.0 Å². The van der Waals surface area contributed by atoms with Gasteiger partial charge in [0.1, 0.15) is 0 Å². The van der Waals surface area contributed by atoms with Crippen molar-refractivity contribution in [1.82, 2.24) is 0 Å². The zero-order valence-corrected chi connectivity index (χ0v) is 10.8. The molecule has 5 heteroatoms. The second kappa shape index (κ2) is 5.51. The van der Waals surface area contributed by atoms with Gasteiger partial charge in [0.05, 0.1) is 12.2 Å². The summed E-state index contributed by atoms with van der Waals surface area (Å²) in [6.45, 7) is 3.00. The van der Waals surface area contributed by atoms with Gasteiger partial charge in [-0.1, -0.05) is 6.07 Å². The number of halogens is 3. The molecule has 0 bridgehead atoms. The van der Waals surface area contributed by atoms with Crippen LogP contribution in [0.25, 0.3) is 0 Å². The second-order valence-electron chi connectivity index (χ2n) is 5.07. The minimum absolute atomic E-state index is 0.184. The Morgan fingerprint density at radius 2 is 2.11 bits per heavy atom. The highest BCUT2D eigenvalue weighted by atomic mass is 19.4. The van der Waals surface area contributed by atoms with Crippen molar-refractivity contribution < 1.29 is 17.9 Å². The second-order valence-corrected chi connectivity index (χ2v) is 5.07. The molecule has 1 aliphatic heterocycles. The Balaban J connectivity index is 2.20. The van der Waals surface area contributed by atoms with Crippen LogP contribution in [0.1, 0.15) is 35.6 Å². The van der Waals surface area contributed by atoms with E-state index < -0.39 is 11.7 Å². The number of ether oxygens (including phenoxy) is 1. The number of nitrogens with two attached hydrogens (primary N) is 1. The van der Waals surface area contributed by atoms with E-state index in [0.29, 0.717) is 12.2 Å². The zero-order valence-electron chi connectivity index (χ0n) is 10.8. The molecule has 1 aliphatic rings. The smallest absolute Gasteiger partial charge is 0.381 e. The molecule has 2 rings (SSSR count). The third-order valence-electron chi connectivity index (χ3n) is 3.66. The Hall–Kier alpha value is -1.07. The molecular weight excluding hydrogens is 255 g/mol. The van der Waals surface area contributed by atoms with E-state index in [1.807, 2.05) is 0 Å². The first kappa shape index (κ1) is 14.3. The Morgan fingerprint density at radius 3 is 2.63 bits per heavy atom. The number of aryl methyl sites for hydroxylation is 1. The van der Waals surface area contributed by atoms with Crippen molar-refractivity contribution in [2.24, 2.45) is 11.7 Å². The fourth-order valence-electron chi connectivity index (χ4n) is 2.53. The molecule has 2 N–H and O–H groups in total. The molecule has 0 amide bonds. The van der Waals surface area contributed by atoms with Crippen LogP contribution < -0.4 is 5.73 Å². The van der Waals surface area contributed by atoms with Gasteiger partial charge in [-0.15, -0.1) is 0 Å². The SMILES string of the molecule is Cc1cc(C(F)(F)F)ccc1C(N)C1CCCOC1. The third-order valence-corrected chi connectivity index (χ3v) is 3.66. The molecule has 1 heterocycles. The highest BCUT2D eigenvalue weighted by molar-refractivity contribution is 5.34. The summed E-state index contributed by atoms with van der Waals surface area (Å²) >= 11 is 0. The predicted octanol–water partition coefficient (Wildman–Crippen LogP) is 3.44. The number of rotatable bonds is 2. The number of hydrogen-bond donors (Lipinski definition) is 1. The van der Waals surface area contributed by atoms with E-state index in [-0.39, 0.29) is 12.0 Å². The highest BCUT2D eigenvalue weighted by Gasteiger charge is 2.31. The molecule has 1 aromatic carbocycles. The average molecular weight is 273 g/mol. The lowest BCUT2D eigenvalue weighted by Gasteiger charge is -2.29. The lowest BCUT2D eigenvalue weighted by Crippen LogP contribution is -2.29. The van der Waals surface area contributed by atoms with Crippen LogP contribution in [0.4, 0.5) is 13.2 Å². The quantitative estimate of drug-likeness (QED) is 0.895. The molecule has 2 nitrogen and oxygen atoms in total. The predicted molar refractivity (Wildman–Crippen MR) is 66.7 cm³/mol. The van der Waals surface area contributed by atoms with Gasteiger partial charge in [0, 0.05) is 18.6 Å². The fraction of sp³-hybridized carbons (Fsp3) is 0.571. The van der Waals surface area contributed by atoms with Crippen molar-refractivity contribution >= 4 is 0 Å². The van der Waals surface area contributed by atoms with Gasteiger partial charge in [0.2, 0.25) is 0 Å². The normalized spacial score (nSPS) is 22.3. The van der Waals surface area contributed by atoms with Gasteiger partial charge < -0.3 is 10.5 Å². The van der Waals surface area contributed by atoms with Crippen LogP contribution in [-0.4, -0.2) is 13.2 Å². The van der Waals surface area contributed by atoms with Crippen molar-refractivity contribution in [2.45, 2.75) is 32.0 Å². The highest BCUT2D eigenvalue weighted by Crippen LogP contribution is 2.33. The van der Waals surface area contributed by atoms with Crippen molar-refractivity contribution in [3.63, 3.8) is 0 Å². The number of alkyl halides is 3. The molecule has 0 aliphatic carbocycles. The van der Waals surface area contributed by atoms with E-state index >= 15 is 0 Å². The van der Waals surface area contributed by atoms with Crippen LogP contribution in [0.3, 0.4) is 0 Å². The van der Waals surface area contributed by atoms with E-state index in [4.69, 9.17) is 10.5 Å². The summed E-state index contributed by atoms with van der Waals surface area (Å²) in [6.07, 6.45) is -2.39. The van der Waals surface area contributed by atoms with Crippen LogP contribution in [0.2, 0.25) is 0 Å². The molecular formula is C14H18F3NO. The molecule has 19 heavy (non-hydrogen) atoms. The number of benzene rings is 1. The maximum absolute atomic E-state index is 12.6. The summed E-state index contributed by atoms with van der Waals surface area (Å²) in [5.41, 5.74) is 6.92. The molecule has 1 saturated heterocycles. The summed E-state index contributed by atoms with van der Waals surface area (Å²) in [7, 11) is 0. The Bertz CT molecular complexity index is 439. The first-order valence-electron chi connectivity index (χ1n) is 6.40. The van der Waals surface area contributed by atoms with Crippen molar-refractivity contribution in [1.29, 1.82) is 0 Å². The summed E-state index contributed by atoms with van der Waals surface area (Å²) < 4.78 is 43.2. The topological polar surface area (TPSA) is 35.2 Å². The van der Waals surface area contributed by atoms with E-state index in [2.05, 4.69) is 0 Å². The molecule has 2 unspecified atom stereocenters. The monoisotopic (exact) mass is 273 g/mol. The molecule has 2 atom stereocenters. The van der Waals surface area contributed by atoms with Crippen molar-refractivity contribution in [3.8, 4) is 0 Å². The zero-order chi connectivity index (χ0) is 14.0. The summed E-state index contributed by atoms with van der Waals surface area (Å²) in [4.78, 5) is 0. The van der Waals surface area contributed by atoms with Crippen LogP contribution >= 0.6 is 0 Å². The van der Waals surface area contributed by atoms with E-state index in [9.17, 15) is 13.2 Å². The van der Waals surface area contributed by atoms with Crippen LogP contribution in [0.15, 0.2) is 18.2 Å². The maximum atomic E-state index is 12.6. The van der Waals surface area contributed by atoms with Crippen LogP contribution in [-0.2, 0) is 10.9 Å². The molecule has 0 saturated carbocycles. The average Bonchev–Trinajstić information content (AvgIpc) is 2.38. The lowest BCUT2D eigenvalue weighted by atomic mass is 9.87. The van der Waals surface area contributed by atoms with Gasteiger partial charge in [-0.3, -0.25) is 0 Å². The van der Waals surface area contributed by atoms with Crippen molar-refractivity contribution in [3.05, 3.63) is 34.9 Å². The van der Waals surface area contributed by atoms with Crippen LogP contribution in [0.5, 0.6) is 0 Å². The van der Waals surface area contributed by atoms with Crippen LogP contribution in [0, 0.1) is 12.8 Å². The van der Waals surface area contributed by atoms with Crippen molar-refractivity contribution in [2.75, 3.05) is 13.2 Å². The third kappa shape index (κ3) is 3.28. The van der Waals surface area contributed by atoms with E-state index in [1.54, 1.807) is 6.92 Å². The maximum Gasteiger partial charge on any atom is 0.416 e. The minimum atomic E-state index is -4.30. The fourth-order valence-corrected chi connectivity index (χ4v) is 2.53. The Kier molecular flexibility index (Phi) is 4.16. The minimum Gasteiger partial charge on any atom is -0.381 e. The van der Waals surface area contributed by atoms with Gasteiger partial charge in [-0.25, -0.2) is 0 Å². The lowest BCUT2D eigenvalue weighted by molar-refractivity contribution is -0.137. The first-order chi connectivity index (χ1) is 8.89. The van der Waals surface area contributed by atoms with Gasteiger partial charge in [0.15, 0.2) is 0 Å². The van der Waals surface area contributed by atoms with Gasteiger partial charge in [-0.2, -0.15) is 13.2 Å². The summed E-state index contributed by atoms with van der Waals surface area (Å²) in [5.74, 6) is 0.184. The molecule has 0 radical (unpaired) electrons. The number of hydrogen-bond acceptors (Lipinski definition) is 2. The molecule has 106 valence electrons.